The molecule has 1 aromatic heterocycles. The van der Waals surface area contributed by atoms with Crippen LogP contribution < -0.4 is 22.5 Å². The normalized spacial score (nSPS) is 13.3. The summed E-state index contributed by atoms with van der Waals surface area (Å²) in [5, 5.41) is 3.96. The SMILES string of the molecule is CCCCCCCCCCCC(=O)C[C@H](Cc1c[nH]c2ccccc12)C(=O)N[C@@H](CCCN=C(N)N)C(=O)C[C@@H](CC(C)C)C(N)=O. The van der Waals surface area contributed by atoms with Crippen molar-refractivity contribution in [2.24, 2.45) is 39.9 Å². The summed E-state index contributed by atoms with van der Waals surface area (Å²) in [7, 11) is 0. The van der Waals surface area contributed by atoms with E-state index in [0.29, 0.717) is 38.6 Å². The molecule has 8 N–H and O–H groups in total. The number of nitrogens with zero attached hydrogens (tertiary/aromatic N) is 1. The molecule has 0 aliphatic heterocycles. The van der Waals surface area contributed by atoms with Crippen LogP contribution in [0.15, 0.2) is 35.5 Å². The molecule has 0 fully saturated rings. The highest BCUT2D eigenvalue weighted by Crippen LogP contribution is 2.24. The largest absolute Gasteiger partial charge is 0.370 e. The first-order chi connectivity index (χ1) is 22.5. The fraction of sp³-hybridized carbons (Fsp3) is 0.649. The Kier molecular flexibility index (Phi) is 18.5. The number of unbranched alkanes of at least 4 members (excludes halogenated alkanes) is 8. The molecule has 3 atom stereocenters. The van der Waals surface area contributed by atoms with Crippen molar-refractivity contribution in [3.8, 4) is 0 Å². The van der Waals surface area contributed by atoms with Gasteiger partial charge in [-0.3, -0.25) is 24.2 Å². The number of amides is 2. The first kappa shape index (κ1) is 39.5. The molecule has 0 unspecified atom stereocenters. The second-order valence-electron chi connectivity index (χ2n) is 13.5. The van der Waals surface area contributed by atoms with Crippen LogP contribution in [0.3, 0.4) is 0 Å². The summed E-state index contributed by atoms with van der Waals surface area (Å²) in [5.74, 6) is -2.25. The predicted molar refractivity (Wildman–Crippen MR) is 191 cm³/mol. The zero-order chi connectivity index (χ0) is 34.6. The van der Waals surface area contributed by atoms with E-state index in [4.69, 9.17) is 17.2 Å². The molecule has 0 saturated carbocycles. The summed E-state index contributed by atoms with van der Waals surface area (Å²) in [5.41, 5.74) is 18.5. The van der Waals surface area contributed by atoms with Gasteiger partial charge >= 0.3 is 0 Å². The van der Waals surface area contributed by atoms with Crippen LogP contribution in [0.1, 0.15) is 123 Å². The minimum atomic E-state index is -0.858. The number of carbonyl (C=O) groups is 4. The lowest BCUT2D eigenvalue weighted by atomic mass is 9.88. The number of aliphatic imine (C=N–C) groups is 1. The summed E-state index contributed by atoms with van der Waals surface area (Å²) in [4.78, 5) is 60.1. The van der Waals surface area contributed by atoms with Crippen molar-refractivity contribution >= 4 is 40.2 Å². The Morgan fingerprint density at radius 3 is 2.15 bits per heavy atom. The van der Waals surface area contributed by atoms with Crippen LogP contribution in [0.4, 0.5) is 0 Å². The number of H-pyrrole nitrogens is 1. The number of aromatic nitrogens is 1. The molecule has 0 aliphatic rings. The van der Waals surface area contributed by atoms with E-state index in [2.05, 4.69) is 22.2 Å². The number of rotatable bonds is 26. The van der Waals surface area contributed by atoms with Gasteiger partial charge in [0.1, 0.15) is 5.78 Å². The third-order valence-electron chi connectivity index (χ3n) is 8.80. The molecular weight excluding hydrogens is 592 g/mol. The molecule has 10 nitrogen and oxygen atoms in total. The van der Waals surface area contributed by atoms with Crippen LogP contribution in [-0.2, 0) is 25.6 Å². The average Bonchev–Trinajstić information content (AvgIpc) is 3.43. The van der Waals surface area contributed by atoms with Crippen molar-refractivity contribution in [3.63, 3.8) is 0 Å². The number of carbonyl (C=O) groups excluding carboxylic acids is 4. The Balaban J connectivity index is 2.15. The van der Waals surface area contributed by atoms with Crippen LogP contribution in [-0.4, -0.2) is 46.9 Å². The van der Waals surface area contributed by atoms with Crippen molar-refractivity contribution in [2.75, 3.05) is 6.54 Å². The summed E-state index contributed by atoms with van der Waals surface area (Å²) in [6.07, 6.45) is 14.4. The lowest BCUT2D eigenvalue weighted by Gasteiger charge is -2.24. The maximum absolute atomic E-state index is 13.9. The number of Topliss-reactive ketones (excluding diaryl/α,β-unsaturated/α-hetero) is 2. The number of para-hydroxylation sites is 1. The third kappa shape index (κ3) is 15.6. The van der Waals surface area contributed by atoms with Crippen LogP contribution in [0.2, 0.25) is 0 Å². The van der Waals surface area contributed by atoms with Crippen LogP contribution in [0, 0.1) is 17.8 Å². The first-order valence-electron chi connectivity index (χ1n) is 17.8. The van der Waals surface area contributed by atoms with E-state index in [1.807, 2.05) is 44.3 Å². The number of nitrogens with one attached hydrogen (secondary N) is 2. The molecule has 0 radical (unpaired) electrons. The van der Waals surface area contributed by atoms with Gasteiger partial charge in [0.05, 0.1) is 6.04 Å². The number of hydrogen-bond acceptors (Lipinski definition) is 5. The monoisotopic (exact) mass is 652 g/mol. The molecule has 1 aromatic carbocycles. The Labute approximate surface area is 281 Å². The molecule has 0 aliphatic carbocycles. The minimum Gasteiger partial charge on any atom is -0.370 e. The van der Waals surface area contributed by atoms with E-state index in [9.17, 15) is 19.2 Å². The number of guanidine groups is 1. The van der Waals surface area contributed by atoms with Gasteiger partial charge in [-0.2, -0.15) is 0 Å². The molecule has 2 amide bonds. The van der Waals surface area contributed by atoms with Crippen molar-refractivity contribution in [2.45, 2.75) is 130 Å². The first-order valence-corrected chi connectivity index (χ1v) is 17.8. The minimum absolute atomic E-state index is 0.0492. The molecule has 0 spiro atoms. The maximum Gasteiger partial charge on any atom is 0.224 e. The number of hydrogen-bond donors (Lipinski definition) is 5. The second kappa shape index (κ2) is 22.0. The number of primary amides is 1. The van der Waals surface area contributed by atoms with E-state index in [1.54, 1.807) is 0 Å². The smallest absolute Gasteiger partial charge is 0.224 e. The summed E-state index contributed by atoms with van der Waals surface area (Å²) < 4.78 is 0. The molecule has 1 heterocycles. The van der Waals surface area contributed by atoms with E-state index in [0.717, 1.165) is 35.7 Å². The zero-order valence-electron chi connectivity index (χ0n) is 29.0. The van der Waals surface area contributed by atoms with Gasteiger partial charge in [-0.25, -0.2) is 0 Å². The van der Waals surface area contributed by atoms with Crippen LogP contribution in [0.25, 0.3) is 10.9 Å². The van der Waals surface area contributed by atoms with Gasteiger partial charge in [-0.05, 0) is 49.7 Å². The molecule has 47 heavy (non-hydrogen) atoms. The quantitative estimate of drug-likeness (QED) is 0.0481. The predicted octanol–water partition coefficient (Wildman–Crippen LogP) is 5.85. The fourth-order valence-electron chi connectivity index (χ4n) is 6.19. The van der Waals surface area contributed by atoms with Crippen molar-refractivity contribution in [3.05, 3.63) is 36.0 Å². The Bertz CT molecular complexity index is 1280. The summed E-state index contributed by atoms with van der Waals surface area (Å²) in [6, 6.07) is 7.00. The highest BCUT2D eigenvalue weighted by molar-refractivity contribution is 5.94. The fourth-order valence-corrected chi connectivity index (χ4v) is 6.19. The van der Waals surface area contributed by atoms with Gasteiger partial charge in [0, 0.05) is 54.7 Å². The van der Waals surface area contributed by atoms with Crippen LogP contribution >= 0.6 is 0 Å². The van der Waals surface area contributed by atoms with Gasteiger partial charge in [0.2, 0.25) is 11.8 Å². The highest BCUT2D eigenvalue weighted by atomic mass is 16.2. The van der Waals surface area contributed by atoms with Gasteiger partial charge in [-0.15, -0.1) is 0 Å². The zero-order valence-corrected chi connectivity index (χ0v) is 29.0. The molecule has 2 rings (SSSR count). The molecule has 0 saturated heterocycles. The maximum atomic E-state index is 13.9. The lowest BCUT2D eigenvalue weighted by molar-refractivity contribution is -0.133. The number of aromatic amines is 1. The number of nitrogens with two attached hydrogens (primary N) is 3. The van der Waals surface area contributed by atoms with E-state index in [1.165, 1.54) is 38.5 Å². The third-order valence-corrected chi connectivity index (χ3v) is 8.80. The van der Waals surface area contributed by atoms with E-state index < -0.39 is 23.8 Å². The molecule has 0 bridgehead atoms. The lowest BCUT2D eigenvalue weighted by Crippen LogP contribution is -2.45. The Morgan fingerprint density at radius 1 is 0.851 bits per heavy atom. The van der Waals surface area contributed by atoms with E-state index in [-0.39, 0.29) is 42.2 Å². The number of ketones is 2. The highest BCUT2D eigenvalue weighted by Gasteiger charge is 2.30. The molecule has 2 aromatic rings. The molecule has 262 valence electrons. The van der Waals surface area contributed by atoms with Crippen LogP contribution in [0.5, 0.6) is 0 Å². The van der Waals surface area contributed by atoms with Crippen molar-refractivity contribution in [1.29, 1.82) is 0 Å². The van der Waals surface area contributed by atoms with Gasteiger partial charge in [0.25, 0.3) is 0 Å². The Morgan fingerprint density at radius 2 is 1.51 bits per heavy atom. The van der Waals surface area contributed by atoms with Crippen molar-refractivity contribution < 1.29 is 19.2 Å². The molecular formula is C37H60N6O4. The summed E-state index contributed by atoms with van der Waals surface area (Å²) >= 11 is 0. The van der Waals surface area contributed by atoms with E-state index >= 15 is 0 Å². The number of fused-ring (bicyclic) bond motifs is 1. The van der Waals surface area contributed by atoms with Gasteiger partial charge in [-0.1, -0.05) is 90.3 Å². The number of benzene rings is 1. The topological polar surface area (TPSA) is 187 Å². The van der Waals surface area contributed by atoms with Gasteiger partial charge < -0.3 is 27.5 Å². The molecule has 10 heteroatoms. The summed E-state index contributed by atoms with van der Waals surface area (Å²) in [6.45, 7) is 6.45. The second-order valence-corrected chi connectivity index (χ2v) is 13.5. The Hall–Kier alpha value is -3.69. The van der Waals surface area contributed by atoms with Gasteiger partial charge in [0.15, 0.2) is 11.7 Å². The standard InChI is InChI=1S/C37H60N6O4/c1-4-5-6-7-8-9-10-11-12-16-30(44)23-28(22-29-25-42-32-18-14-13-17-31(29)32)36(47)43-33(19-15-20-41-37(39)40)34(45)24-27(35(38)46)21-26(2)3/h13-14,17-18,25-28,33,42H,4-12,15-16,19-24H2,1-3H3,(H2,38,46)(H,43,47)(H4,39,40,41)/t27-,28+,33+/m1/s1. The average molecular weight is 653 g/mol. The van der Waals surface area contributed by atoms with Crippen molar-refractivity contribution in [1.82, 2.24) is 10.3 Å².